The summed E-state index contributed by atoms with van der Waals surface area (Å²) in [5.41, 5.74) is 0.595. The van der Waals surface area contributed by atoms with E-state index in [-0.39, 0.29) is 5.82 Å². The molecule has 4 rings (SSSR count). The van der Waals surface area contributed by atoms with Crippen LogP contribution in [0.5, 0.6) is 0 Å². The van der Waals surface area contributed by atoms with Gasteiger partial charge in [0.25, 0.3) is 0 Å². The molecule has 0 spiro atoms. The van der Waals surface area contributed by atoms with E-state index < -0.39 is 0 Å². The largest absolute Gasteiger partial charge is 0.235 e. The molecule has 0 unspecified atom stereocenters. The van der Waals surface area contributed by atoms with Crippen LogP contribution < -0.4 is 0 Å². The summed E-state index contributed by atoms with van der Waals surface area (Å²) in [4.78, 5) is 1.83. The SMILES string of the molecule is Fc1ccccc1Cc1nnc2sc(-c3cccs3)nn12. The number of hydrogen-bond donors (Lipinski definition) is 0. The van der Waals surface area contributed by atoms with Crippen molar-refractivity contribution >= 4 is 27.6 Å². The summed E-state index contributed by atoms with van der Waals surface area (Å²) in [6.45, 7) is 0. The molecule has 7 heteroatoms. The fourth-order valence-electron chi connectivity index (χ4n) is 2.08. The van der Waals surface area contributed by atoms with E-state index in [1.807, 2.05) is 23.6 Å². The van der Waals surface area contributed by atoms with Crippen LogP contribution in [0.25, 0.3) is 14.8 Å². The van der Waals surface area contributed by atoms with Crippen LogP contribution in [0.15, 0.2) is 41.8 Å². The molecule has 0 atom stereocenters. The van der Waals surface area contributed by atoms with E-state index >= 15 is 0 Å². The number of hydrogen-bond acceptors (Lipinski definition) is 5. The quantitative estimate of drug-likeness (QED) is 0.579. The average molecular weight is 316 g/mol. The molecule has 4 nitrogen and oxygen atoms in total. The fourth-order valence-corrected chi connectivity index (χ4v) is 3.73. The highest BCUT2D eigenvalue weighted by atomic mass is 32.1. The maximum absolute atomic E-state index is 13.7. The van der Waals surface area contributed by atoms with Crippen LogP contribution >= 0.6 is 22.7 Å². The molecule has 104 valence electrons. The molecule has 0 bridgehead atoms. The van der Waals surface area contributed by atoms with E-state index in [9.17, 15) is 4.39 Å². The Balaban J connectivity index is 1.75. The molecule has 0 N–H and O–H groups in total. The van der Waals surface area contributed by atoms with Gasteiger partial charge >= 0.3 is 0 Å². The van der Waals surface area contributed by atoms with Gasteiger partial charge in [0.05, 0.1) is 4.88 Å². The normalized spacial score (nSPS) is 11.3. The summed E-state index contributed by atoms with van der Waals surface area (Å²) in [6, 6.07) is 10.7. The summed E-state index contributed by atoms with van der Waals surface area (Å²) in [6.07, 6.45) is 0.376. The molecule has 1 aromatic carbocycles. The Bertz CT molecular complexity index is 895. The minimum absolute atomic E-state index is 0.233. The maximum Gasteiger partial charge on any atom is 0.235 e. The number of aromatic nitrogens is 4. The van der Waals surface area contributed by atoms with Crippen molar-refractivity contribution < 1.29 is 4.39 Å². The molecule has 0 fully saturated rings. The lowest BCUT2D eigenvalue weighted by atomic mass is 10.1. The molecule has 0 saturated heterocycles. The lowest BCUT2D eigenvalue weighted by Gasteiger charge is -1.99. The zero-order chi connectivity index (χ0) is 14.2. The molecule has 4 aromatic rings. The van der Waals surface area contributed by atoms with Crippen molar-refractivity contribution in [3.63, 3.8) is 0 Å². The Kier molecular flexibility index (Phi) is 3.01. The molecule has 0 amide bonds. The summed E-state index contributed by atoms with van der Waals surface area (Å²) >= 11 is 3.12. The summed E-state index contributed by atoms with van der Waals surface area (Å²) in [7, 11) is 0. The molecular formula is C14H9FN4S2. The van der Waals surface area contributed by atoms with Crippen LogP contribution in [0.2, 0.25) is 0 Å². The molecule has 21 heavy (non-hydrogen) atoms. The average Bonchev–Trinajstić information content (AvgIpc) is 3.18. The molecule has 3 aromatic heterocycles. The van der Waals surface area contributed by atoms with Crippen molar-refractivity contribution in [1.82, 2.24) is 19.8 Å². The van der Waals surface area contributed by atoms with Gasteiger partial charge in [-0.15, -0.1) is 21.5 Å². The molecule has 0 radical (unpaired) electrons. The standard InChI is InChI=1S/C14H9FN4S2/c15-10-5-2-1-4-9(10)8-12-16-17-14-19(12)18-13(21-14)11-6-3-7-20-11/h1-7H,8H2. The zero-order valence-corrected chi connectivity index (χ0v) is 12.4. The van der Waals surface area contributed by atoms with Crippen molar-refractivity contribution in [3.05, 3.63) is 59.0 Å². The van der Waals surface area contributed by atoms with E-state index in [0.29, 0.717) is 17.8 Å². The fraction of sp³-hybridized carbons (Fsp3) is 0.0714. The van der Waals surface area contributed by atoms with Crippen molar-refractivity contribution in [1.29, 1.82) is 0 Å². The molecule has 0 aliphatic heterocycles. The Labute approximate surface area is 127 Å². The van der Waals surface area contributed by atoms with Crippen LogP contribution in [0, 0.1) is 5.82 Å². The van der Waals surface area contributed by atoms with Gasteiger partial charge in [-0.25, -0.2) is 4.39 Å². The van der Waals surface area contributed by atoms with Crippen LogP contribution in [0.4, 0.5) is 4.39 Å². The first-order valence-electron chi connectivity index (χ1n) is 6.29. The molecular weight excluding hydrogens is 307 g/mol. The van der Waals surface area contributed by atoms with Gasteiger partial charge < -0.3 is 0 Å². The Morgan fingerprint density at radius 3 is 2.81 bits per heavy atom. The van der Waals surface area contributed by atoms with E-state index in [1.165, 1.54) is 17.4 Å². The highest BCUT2D eigenvalue weighted by Gasteiger charge is 2.14. The second-order valence-corrected chi connectivity index (χ2v) is 6.37. The molecule has 0 saturated carbocycles. The highest BCUT2D eigenvalue weighted by Crippen LogP contribution is 2.29. The van der Waals surface area contributed by atoms with Crippen molar-refractivity contribution in [2.75, 3.05) is 0 Å². The van der Waals surface area contributed by atoms with Crippen LogP contribution in [0.1, 0.15) is 11.4 Å². The number of halogens is 1. The number of rotatable bonds is 3. The third kappa shape index (κ3) is 2.24. The smallest absolute Gasteiger partial charge is 0.207 e. The minimum Gasteiger partial charge on any atom is -0.207 e. The van der Waals surface area contributed by atoms with Crippen LogP contribution in [-0.4, -0.2) is 19.8 Å². The van der Waals surface area contributed by atoms with Gasteiger partial charge in [0.1, 0.15) is 5.82 Å². The Morgan fingerprint density at radius 1 is 1.10 bits per heavy atom. The first kappa shape index (κ1) is 12.6. The summed E-state index contributed by atoms with van der Waals surface area (Å²) < 4.78 is 15.4. The second-order valence-electron chi connectivity index (χ2n) is 4.46. The van der Waals surface area contributed by atoms with Crippen molar-refractivity contribution in [2.45, 2.75) is 6.42 Å². The number of thiophene rings is 1. The van der Waals surface area contributed by atoms with E-state index in [2.05, 4.69) is 15.3 Å². The van der Waals surface area contributed by atoms with Gasteiger partial charge in [0.2, 0.25) is 4.96 Å². The zero-order valence-electron chi connectivity index (χ0n) is 10.7. The molecule has 3 heterocycles. The van der Waals surface area contributed by atoms with E-state index in [0.717, 1.165) is 14.8 Å². The van der Waals surface area contributed by atoms with Gasteiger partial charge in [-0.05, 0) is 23.1 Å². The number of benzene rings is 1. The summed E-state index contributed by atoms with van der Waals surface area (Å²) in [5.74, 6) is 0.414. The Morgan fingerprint density at radius 2 is 2.00 bits per heavy atom. The molecule has 0 aliphatic carbocycles. The third-order valence-electron chi connectivity index (χ3n) is 3.09. The Hall–Kier alpha value is -2.12. The van der Waals surface area contributed by atoms with Gasteiger partial charge in [-0.2, -0.15) is 9.61 Å². The van der Waals surface area contributed by atoms with Gasteiger partial charge in [0.15, 0.2) is 10.8 Å². The summed E-state index contributed by atoms with van der Waals surface area (Å²) in [5, 5.41) is 15.7. The maximum atomic E-state index is 13.7. The predicted octanol–water partition coefficient (Wildman–Crippen LogP) is 3.64. The van der Waals surface area contributed by atoms with Crippen LogP contribution in [0.3, 0.4) is 0 Å². The van der Waals surface area contributed by atoms with Gasteiger partial charge in [0, 0.05) is 6.42 Å². The first-order chi connectivity index (χ1) is 10.3. The monoisotopic (exact) mass is 316 g/mol. The van der Waals surface area contributed by atoms with Crippen molar-refractivity contribution in [3.8, 4) is 9.88 Å². The van der Waals surface area contributed by atoms with E-state index in [4.69, 9.17) is 0 Å². The number of nitrogens with zero attached hydrogens (tertiary/aromatic N) is 4. The highest BCUT2D eigenvalue weighted by molar-refractivity contribution is 7.23. The van der Waals surface area contributed by atoms with E-state index in [1.54, 1.807) is 28.0 Å². The molecule has 0 aliphatic rings. The second kappa shape index (κ2) is 5.01. The number of fused-ring (bicyclic) bond motifs is 1. The first-order valence-corrected chi connectivity index (χ1v) is 7.99. The van der Waals surface area contributed by atoms with Crippen molar-refractivity contribution in [2.24, 2.45) is 0 Å². The lowest BCUT2D eigenvalue weighted by Crippen LogP contribution is -1.99. The topological polar surface area (TPSA) is 43.1 Å². The minimum atomic E-state index is -0.233. The lowest BCUT2D eigenvalue weighted by molar-refractivity contribution is 0.611. The van der Waals surface area contributed by atoms with Gasteiger partial charge in [-0.1, -0.05) is 35.6 Å². The van der Waals surface area contributed by atoms with Crippen LogP contribution in [-0.2, 0) is 6.42 Å². The van der Waals surface area contributed by atoms with Gasteiger partial charge in [-0.3, -0.25) is 0 Å². The predicted molar refractivity (Wildman–Crippen MR) is 81.2 cm³/mol. The third-order valence-corrected chi connectivity index (χ3v) is 5.03.